The van der Waals surface area contributed by atoms with Gasteiger partial charge in [0.2, 0.25) is 0 Å². The summed E-state index contributed by atoms with van der Waals surface area (Å²) in [5.41, 5.74) is 27.0. The summed E-state index contributed by atoms with van der Waals surface area (Å²) in [5.74, 6) is 0.243. The molecule has 0 bridgehead atoms. The lowest BCUT2D eigenvalue weighted by Gasteiger charge is -2.40. The van der Waals surface area contributed by atoms with Crippen molar-refractivity contribution in [2.45, 2.75) is 350 Å². The van der Waals surface area contributed by atoms with Gasteiger partial charge in [-0.15, -0.1) is 56.7 Å². The first-order valence-corrected chi connectivity index (χ1v) is 51.6. The Morgan fingerprint density at radius 2 is 0.707 bits per heavy atom. The monoisotopic (exact) mass is 1940 g/mol. The number of carboxylic acid groups (broad SMARTS) is 1. The molecule has 0 aliphatic heterocycles. The van der Waals surface area contributed by atoms with E-state index in [9.17, 15) is 29.3 Å². The number of carbonyl (C=O) groups excluding carboxylic acids is 3. The predicted molar refractivity (Wildman–Crippen MR) is 559 cm³/mol. The third-order valence-electron chi connectivity index (χ3n) is 28.9. The Hall–Kier alpha value is -8.43. The molecule has 4 N–H and O–H groups in total. The van der Waals surface area contributed by atoms with Crippen LogP contribution < -0.4 is 20.9 Å². The van der Waals surface area contributed by atoms with Crippen LogP contribution in [0.4, 0.5) is 42.5 Å². The fraction of sp³-hybridized carbons (Fsp3) is 0.551. The number of nitrogens with zero attached hydrogens (tertiary/aromatic N) is 7. The summed E-state index contributed by atoms with van der Waals surface area (Å²) in [6, 6.07) is 13.7. The van der Waals surface area contributed by atoms with Gasteiger partial charge in [-0.2, -0.15) is 0 Å². The molecule has 6 aliphatic carbocycles. The summed E-state index contributed by atoms with van der Waals surface area (Å²) >= 11 is 16.2. The molecule has 0 unspecified atom stereocenters. The van der Waals surface area contributed by atoms with Gasteiger partial charge in [0.25, 0.3) is 0 Å². The Bertz CT molecular complexity index is 5920. The minimum atomic E-state index is -0.951. The minimum absolute atomic E-state index is 0.0691. The number of nitrogen functional groups attached to an aromatic ring is 1. The Balaban J connectivity index is 0.000000164. The first-order chi connectivity index (χ1) is 61.3. The molecule has 16 rings (SSSR count). The standard InChI is InChI=1S/C21H28N2O2S.2C20H26N2O2S.C13H19NO2S.C13H21NS.C13H20S.C7H6ClNO2/c1-13-16-17(21(4,5)11-10-20(16,2)3)26-18(13)23(6)15-9-8-14(12-22-15)19(24)25-7;1-12-15-16(20(4,5)10-9-19(15,2)3)25-17(12)22-14-8-7-13(11-21-14)18(23)24-6;1-12-15-16(20(4,5)10-9-19(15,2)3)25-17(12)22(6)14-8-7-13(11-21-14)18(23)24;1-8-9-10(17-11(8)14(15)16)13(4,5)7-6-12(9,2)3;1-8-9-10(15-11(8)14)13(4,5)7-6-12(9,2)3;1-9-8-14-11-10(9)12(2,3)6-7-13(11,4)5;1-11-7(10)5-2-3-6(8)9-4-5/h8-9,12H,10-11H2,1-7H3;7-8,11H,9-10H2,1-6H3,(H,21,22);7-8,11H,9-10H2,1-6H3,(H,23,24);6-7H2,1-5H3;6-7,14H2,1-5H3;8H,6-7H2,1-5H3;2-4H,1H3. The topological polar surface area (TPSA) is 255 Å². The minimum Gasteiger partial charge on any atom is -0.478 e. The molecular weight excluding hydrogens is 1800 g/mol. The molecule has 0 amide bonds. The fourth-order valence-electron chi connectivity index (χ4n) is 20.1. The number of hydrogen-bond acceptors (Lipinski definition) is 23. The van der Waals surface area contributed by atoms with Crippen LogP contribution in [0.2, 0.25) is 5.15 Å². The molecule has 10 aromatic heterocycles. The fourth-order valence-corrected chi connectivity index (χ4v) is 29.1. The van der Waals surface area contributed by atoms with Crippen molar-refractivity contribution in [2.24, 2.45) is 0 Å². The smallest absolute Gasteiger partial charge is 0.339 e. The second-order valence-electron chi connectivity index (χ2n) is 44.9. The third-order valence-corrected chi connectivity index (χ3v) is 38.7. The van der Waals surface area contributed by atoms with Crippen molar-refractivity contribution in [3.05, 3.63) is 212 Å². The highest BCUT2D eigenvalue weighted by atomic mass is 35.5. The van der Waals surface area contributed by atoms with Crippen molar-refractivity contribution in [3.8, 4) is 0 Å². The number of esters is 3. The van der Waals surface area contributed by atoms with Gasteiger partial charge in [-0.3, -0.25) is 10.1 Å². The predicted octanol–water partition coefficient (Wildman–Crippen LogP) is 30.2. The first-order valence-electron chi connectivity index (χ1n) is 46.2. The van der Waals surface area contributed by atoms with E-state index in [0.29, 0.717) is 48.5 Å². The van der Waals surface area contributed by atoms with E-state index < -0.39 is 11.9 Å². The van der Waals surface area contributed by atoms with Crippen LogP contribution in [-0.4, -0.2) is 89.3 Å². The molecule has 10 heterocycles. The lowest BCUT2D eigenvalue weighted by atomic mass is 9.66. The maximum absolute atomic E-state index is 11.6. The van der Waals surface area contributed by atoms with E-state index >= 15 is 0 Å². The Morgan fingerprint density at radius 1 is 0.398 bits per heavy atom. The molecule has 10 aromatic rings. The number of carbonyl (C=O) groups is 4. The summed E-state index contributed by atoms with van der Waals surface area (Å²) in [5, 5.41) is 31.2. The van der Waals surface area contributed by atoms with Crippen molar-refractivity contribution in [1.82, 2.24) is 19.9 Å². The Kier molecular flexibility index (Phi) is 31.7. The number of thiophene rings is 6. The van der Waals surface area contributed by atoms with Crippen molar-refractivity contribution in [1.29, 1.82) is 0 Å². The van der Waals surface area contributed by atoms with Gasteiger partial charge < -0.3 is 40.2 Å². The summed E-state index contributed by atoms with van der Waals surface area (Å²) in [7, 11) is 8.12. The van der Waals surface area contributed by atoms with Crippen LogP contribution in [0.5, 0.6) is 0 Å². The van der Waals surface area contributed by atoms with Gasteiger partial charge in [0.05, 0.1) is 68.5 Å². The Labute approximate surface area is 821 Å². The van der Waals surface area contributed by atoms with E-state index in [-0.39, 0.29) is 65.7 Å². The lowest BCUT2D eigenvalue weighted by molar-refractivity contribution is -0.380. The van der Waals surface area contributed by atoms with E-state index in [2.05, 4.69) is 246 Å². The van der Waals surface area contributed by atoms with Crippen LogP contribution in [-0.2, 0) is 79.2 Å². The zero-order valence-electron chi connectivity index (χ0n) is 85.6. The number of aryl methyl sites for hydroxylation is 1. The number of methoxy groups -OCH3 is 3. The van der Waals surface area contributed by atoms with Gasteiger partial charge in [0.15, 0.2) is 0 Å². The molecule has 0 spiro atoms. The van der Waals surface area contributed by atoms with Gasteiger partial charge >= 0.3 is 28.9 Å². The van der Waals surface area contributed by atoms with Gasteiger partial charge in [-0.25, -0.2) is 39.1 Å². The van der Waals surface area contributed by atoms with Crippen LogP contribution in [0.25, 0.3) is 0 Å². The number of nitrogens with one attached hydrogen (secondary N) is 1. The van der Waals surface area contributed by atoms with E-state index in [1.807, 2.05) is 78.5 Å². The average molecular weight is 1950 g/mol. The third kappa shape index (κ3) is 22.6. The van der Waals surface area contributed by atoms with Gasteiger partial charge in [0, 0.05) is 73.7 Å². The highest BCUT2D eigenvalue weighted by molar-refractivity contribution is 7.18. The van der Waals surface area contributed by atoms with Crippen LogP contribution in [0.3, 0.4) is 0 Å². The molecule has 722 valence electrons. The summed E-state index contributed by atoms with van der Waals surface area (Å²) < 4.78 is 13.9. The van der Waals surface area contributed by atoms with Crippen LogP contribution >= 0.6 is 79.6 Å². The van der Waals surface area contributed by atoms with Crippen molar-refractivity contribution in [2.75, 3.05) is 56.3 Å². The molecule has 0 radical (unpaired) electrons. The number of aromatic carboxylic acids is 1. The highest BCUT2D eigenvalue weighted by Crippen LogP contribution is 2.60. The number of anilines is 7. The number of nitro groups is 1. The van der Waals surface area contributed by atoms with Gasteiger partial charge in [-0.05, 0) is 299 Å². The van der Waals surface area contributed by atoms with Crippen LogP contribution in [0, 0.1) is 51.7 Å². The SMILES string of the molecule is COC(=O)c1ccc(Cl)nc1.COC(=O)c1ccc(N(C)c2sc3c(c2C)C(C)(C)CCC3(C)C)nc1.COC(=O)c1ccc(Nc2sc3c(c2C)C(C)(C)CCC3(C)C)nc1.Cc1c(N(C)c2ccc(C(=O)O)cn2)sc2c1C(C)(C)CCC2(C)C.Cc1c(N)sc2c1C(C)(C)CCC2(C)C.Cc1c([N+](=O)[O-])sc2c1C(C)(C)CCC2(C)C.Cc1csc2c1C(C)(C)CCC2(C)C. The van der Waals surface area contributed by atoms with Crippen molar-refractivity contribution < 1.29 is 43.4 Å². The van der Waals surface area contributed by atoms with Crippen molar-refractivity contribution >= 4 is 146 Å². The molecular formula is C107H146ClN9O10S6. The van der Waals surface area contributed by atoms with Crippen LogP contribution in [0.1, 0.15) is 381 Å². The summed E-state index contributed by atoms with van der Waals surface area (Å²) in [4.78, 5) is 85.8. The zero-order valence-corrected chi connectivity index (χ0v) is 91.3. The number of aromatic nitrogens is 4. The van der Waals surface area contributed by atoms with Gasteiger partial charge in [-0.1, -0.05) is 189 Å². The molecule has 133 heavy (non-hydrogen) atoms. The molecule has 0 aromatic carbocycles. The second kappa shape index (κ2) is 39.6. The molecule has 0 saturated carbocycles. The lowest BCUT2D eigenvalue weighted by Crippen LogP contribution is -2.32. The number of hydrogen-bond donors (Lipinski definition) is 3. The highest BCUT2D eigenvalue weighted by Gasteiger charge is 2.48. The van der Waals surface area contributed by atoms with Crippen molar-refractivity contribution in [3.63, 3.8) is 0 Å². The molecule has 0 fully saturated rings. The largest absolute Gasteiger partial charge is 0.478 e. The van der Waals surface area contributed by atoms with E-state index in [0.717, 1.165) is 45.9 Å². The zero-order chi connectivity index (χ0) is 99.5. The number of fused-ring (bicyclic) bond motifs is 6. The number of ether oxygens (including phenoxy) is 3. The normalized spacial score (nSPS) is 18.5. The van der Waals surface area contributed by atoms with E-state index in [1.165, 1.54) is 205 Å². The van der Waals surface area contributed by atoms with E-state index in [4.69, 9.17) is 31.9 Å². The molecule has 0 saturated heterocycles. The number of nitrogens with two attached hydrogens (primary N) is 1. The quantitative estimate of drug-likeness (QED) is 0.0357. The molecule has 19 nitrogen and oxygen atoms in total. The molecule has 26 heteroatoms. The number of carboxylic acids is 1. The molecule has 6 aliphatic rings. The van der Waals surface area contributed by atoms with Gasteiger partial charge in [0.1, 0.15) is 22.6 Å². The van der Waals surface area contributed by atoms with Crippen LogP contribution in [0.15, 0.2) is 78.7 Å². The maximum Gasteiger partial charge on any atom is 0.339 e. The second-order valence-corrected chi connectivity index (χ2v) is 51.2. The first kappa shape index (κ1) is 107. The Morgan fingerprint density at radius 3 is 1.02 bits per heavy atom. The number of halogens is 1. The van der Waals surface area contributed by atoms with E-state index in [1.54, 1.807) is 64.5 Å². The molecule has 0 atom stereocenters. The number of rotatable bonds is 11. The summed E-state index contributed by atoms with van der Waals surface area (Å²) in [6.45, 7) is 68.8. The maximum atomic E-state index is 11.6. The average Bonchev–Trinajstić information content (AvgIpc) is 1.57. The number of pyridine rings is 4. The summed E-state index contributed by atoms with van der Waals surface area (Å²) in [6.07, 6.45) is 20.5.